The van der Waals surface area contributed by atoms with Crippen molar-refractivity contribution in [2.45, 2.75) is 158 Å². The SMILES string of the molecule is CC(C)([B]C(C)(C)C(CC(C)(C)C(C)(C)C)c1ccccc1)CC(c1ccc(C(C)(C)C)cc1)C(C)(C)C(C)(C)C. The molecule has 2 rings (SSSR count). The zero-order chi connectivity index (χ0) is 31.9. The molecule has 0 aliphatic heterocycles. The molecule has 41 heavy (non-hydrogen) atoms. The molecule has 0 fully saturated rings. The molecule has 0 heterocycles. The molecular formula is C40H66B. The van der Waals surface area contributed by atoms with Gasteiger partial charge in [-0.05, 0) is 68.4 Å². The molecule has 1 radical (unpaired) electrons. The largest absolute Gasteiger partial charge is 0.125 e. The van der Waals surface area contributed by atoms with Crippen LogP contribution in [0.3, 0.4) is 0 Å². The van der Waals surface area contributed by atoms with Crippen molar-refractivity contribution in [3.8, 4) is 0 Å². The van der Waals surface area contributed by atoms with E-state index in [9.17, 15) is 0 Å². The molecule has 0 spiro atoms. The molecule has 0 N–H and O–H groups in total. The van der Waals surface area contributed by atoms with Crippen LogP contribution >= 0.6 is 0 Å². The molecule has 0 saturated carbocycles. The minimum absolute atomic E-state index is 0.0277. The van der Waals surface area contributed by atoms with Crippen molar-refractivity contribution >= 4 is 7.28 Å². The van der Waals surface area contributed by atoms with Crippen molar-refractivity contribution < 1.29 is 0 Å². The van der Waals surface area contributed by atoms with Gasteiger partial charge in [0.1, 0.15) is 7.28 Å². The van der Waals surface area contributed by atoms with E-state index in [1.54, 1.807) is 0 Å². The number of hydrogen-bond donors (Lipinski definition) is 0. The highest BCUT2D eigenvalue weighted by Gasteiger charge is 2.46. The van der Waals surface area contributed by atoms with Crippen LogP contribution in [0.1, 0.15) is 159 Å². The van der Waals surface area contributed by atoms with Crippen LogP contribution in [0.4, 0.5) is 0 Å². The second-order valence-corrected chi connectivity index (χ2v) is 18.9. The third-order valence-electron chi connectivity index (χ3n) is 11.3. The first kappa shape index (κ1) is 35.7. The summed E-state index contributed by atoms with van der Waals surface area (Å²) in [4.78, 5) is 0. The molecule has 2 atom stereocenters. The summed E-state index contributed by atoms with van der Waals surface area (Å²) in [6.07, 6.45) is 2.28. The summed E-state index contributed by atoms with van der Waals surface area (Å²) in [5.74, 6) is 0.886. The van der Waals surface area contributed by atoms with Crippen LogP contribution in [-0.4, -0.2) is 7.28 Å². The zero-order valence-electron chi connectivity index (χ0n) is 30.3. The van der Waals surface area contributed by atoms with Crippen LogP contribution in [0.2, 0.25) is 10.6 Å². The van der Waals surface area contributed by atoms with Gasteiger partial charge in [-0.1, -0.05) is 183 Å². The van der Waals surface area contributed by atoms with E-state index in [0.29, 0.717) is 11.8 Å². The molecule has 2 aromatic carbocycles. The van der Waals surface area contributed by atoms with E-state index < -0.39 is 0 Å². The molecule has 0 bridgehead atoms. The zero-order valence-corrected chi connectivity index (χ0v) is 30.3. The predicted octanol–water partition coefficient (Wildman–Crippen LogP) is 12.9. The van der Waals surface area contributed by atoms with Gasteiger partial charge in [-0.3, -0.25) is 0 Å². The van der Waals surface area contributed by atoms with E-state index in [0.717, 1.165) is 12.8 Å². The number of rotatable bonds is 10. The average molecular weight is 558 g/mol. The fourth-order valence-corrected chi connectivity index (χ4v) is 6.53. The first-order valence-electron chi connectivity index (χ1n) is 16.2. The van der Waals surface area contributed by atoms with Crippen LogP contribution in [0.15, 0.2) is 54.6 Å². The Kier molecular flexibility index (Phi) is 10.3. The van der Waals surface area contributed by atoms with Crippen molar-refractivity contribution in [1.29, 1.82) is 0 Å². The summed E-state index contributed by atoms with van der Waals surface area (Å²) in [5, 5.41) is 0.0815. The highest BCUT2D eigenvalue weighted by molar-refractivity contribution is 6.44. The summed E-state index contributed by atoms with van der Waals surface area (Å²) in [6.45, 7) is 41.3. The Balaban J connectivity index is 2.52. The van der Waals surface area contributed by atoms with Crippen LogP contribution in [0, 0.1) is 21.7 Å². The van der Waals surface area contributed by atoms with Gasteiger partial charge in [0, 0.05) is 0 Å². The lowest BCUT2D eigenvalue weighted by Crippen LogP contribution is -2.40. The summed E-state index contributed by atoms with van der Waals surface area (Å²) >= 11 is 0. The van der Waals surface area contributed by atoms with Crippen LogP contribution in [-0.2, 0) is 5.41 Å². The lowest BCUT2D eigenvalue weighted by Gasteiger charge is -2.50. The van der Waals surface area contributed by atoms with E-state index in [1.807, 2.05) is 0 Å². The summed E-state index contributed by atoms with van der Waals surface area (Å²) in [5.41, 5.74) is 5.25. The van der Waals surface area contributed by atoms with E-state index in [2.05, 4.69) is 180 Å². The van der Waals surface area contributed by atoms with E-state index in [1.165, 1.54) is 16.7 Å². The minimum atomic E-state index is 0.0277. The van der Waals surface area contributed by atoms with Crippen molar-refractivity contribution in [3.05, 3.63) is 71.3 Å². The van der Waals surface area contributed by atoms with Gasteiger partial charge in [-0.15, -0.1) is 0 Å². The Hall–Kier alpha value is -1.50. The maximum Gasteiger partial charge on any atom is 0.125 e. The second kappa shape index (κ2) is 11.9. The summed E-state index contributed by atoms with van der Waals surface area (Å²) in [6, 6.07) is 20.9. The smallest absolute Gasteiger partial charge is 0.0671 e. The van der Waals surface area contributed by atoms with Crippen molar-refractivity contribution in [3.63, 3.8) is 0 Å². The molecule has 0 aliphatic rings. The van der Waals surface area contributed by atoms with E-state index >= 15 is 0 Å². The Labute approximate surface area is 258 Å². The molecule has 2 unspecified atom stereocenters. The highest BCUT2D eigenvalue weighted by Crippen LogP contribution is 2.58. The molecule has 0 aliphatic carbocycles. The number of benzene rings is 2. The lowest BCUT2D eigenvalue weighted by atomic mass is 9.34. The number of hydrogen-bond acceptors (Lipinski definition) is 0. The van der Waals surface area contributed by atoms with E-state index in [4.69, 9.17) is 0 Å². The fraction of sp³-hybridized carbons (Fsp3) is 0.700. The van der Waals surface area contributed by atoms with Gasteiger partial charge in [-0.25, -0.2) is 0 Å². The van der Waals surface area contributed by atoms with Gasteiger partial charge >= 0.3 is 0 Å². The van der Waals surface area contributed by atoms with Gasteiger partial charge in [-0.2, -0.15) is 0 Å². The molecule has 229 valence electrons. The normalized spacial score (nSPS) is 15.9. The molecule has 0 aromatic heterocycles. The maximum absolute atomic E-state index is 2.73. The first-order chi connectivity index (χ1) is 18.2. The third kappa shape index (κ3) is 8.77. The Morgan fingerprint density at radius 2 is 0.976 bits per heavy atom. The highest BCUT2D eigenvalue weighted by atomic mass is 14.5. The van der Waals surface area contributed by atoms with Crippen molar-refractivity contribution in [1.82, 2.24) is 0 Å². The molecule has 1 heteroatoms. The van der Waals surface area contributed by atoms with Gasteiger partial charge in [0.15, 0.2) is 0 Å². The topological polar surface area (TPSA) is 0 Å². The third-order valence-corrected chi connectivity index (χ3v) is 11.3. The molecule has 0 saturated heterocycles. The van der Waals surface area contributed by atoms with Gasteiger partial charge < -0.3 is 0 Å². The van der Waals surface area contributed by atoms with Gasteiger partial charge in [0.2, 0.25) is 0 Å². The Morgan fingerprint density at radius 1 is 0.512 bits per heavy atom. The average Bonchev–Trinajstić information content (AvgIpc) is 2.79. The van der Waals surface area contributed by atoms with Gasteiger partial charge in [0.05, 0.1) is 0 Å². The van der Waals surface area contributed by atoms with Crippen LogP contribution in [0.5, 0.6) is 0 Å². The molecular weight excluding hydrogens is 491 g/mol. The van der Waals surface area contributed by atoms with Crippen LogP contribution < -0.4 is 0 Å². The molecule has 0 nitrogen and oxygen atoms in total. The fourth-order valence-electron chi connectivity index (χ4n) is 6.53. The quantitative estimate of drug-likeness (QED) is 0.255. The Bertz CT molecular complexity index is 1090. The summed E-state index contributed by atoms with van der Waals surface area (Å²) in [7, 11) is 2.73. The molecule has 0 amide bonds. The second-order valence-electron chi connectivity index (χ2n) is 18.9. The van der Waals surface area contributed by atoms with Crippen molar-refractivity contribution in [2.75, 3.05) is 0 Å². The van der Waals surface area contributed by atoms with E-state index in [-0.39, 0.29) is 37.7 Å². The standard InChI is InChI=1S/C40H66B/c1-34(2,3)31-25-23-30(24-26-31)32(39(14,15)36(7,8)9)28-38(12,13)41-40(16,17)33(29-21-19-18-20-22-29)27-37(10,11)35(4,5)6/h18-26,32-33H,27-28H2,1-17H3. The molecule has 2 aromatic rings. The minimum Gasteiger partial charge on any atom is -0.0671 e. The monoisotopic (exact) mass is 558 g/mol. The Morgan fingerprint density at radius 3 is 1.39 bits per heavy atom. The predicted molar refractivity (Wildman–Crippen MR) is 187 cm³/mol. The van der Waals surface area contributed by atoms with Gasteiger partial charge in [0.25, 0.3) is 0 Å². The summed E-state index contributed by atoms with van der Waals surface area (Å²) < 4.78 is 0. The first-order valence-corrected chi connectivity index (χ1v) is 16.2. The van der Waals surface area contributed by atoms with Crippen molar-refractivity contribution in [2.24, 2.45) is 21.7 Å². The van der Waals surface area contributed by atoms with Crippen LogP contribution in [0.25, 0.3) is 0 Å². The maximum atomic E-state index is 2.73. The lowest BCUT2D eigenvalue weighted by molar-refractivity contribution is 0.0839.